The van der Waals surface area contributed by atoms with Crippen LogP contribution in [0.5, 0.6) is 0 Å². The van der Waals surface area contributed by atoms with Gasteiger partial charge in [-0.3, -0.25) is 57.5 Å². The second-order valence-electron chi connectivity index (χ2n) is 20.7. The van der Waals surface area contributed by atoms with Crippen LogP contribution in [-0.2, 0) is 73.5 Å². The molecule has 2 rings (SSSR count). The molecule has 0 saturated carbocycles. The molecule has 1 aromatic rings. The van der Waals surface area contributed by atoms with Gasteiger partial charge in [-0.1, -0.05) is 102 Å². The van der Waals surface area contributed by atoms with Crippen molar-refractivity contribution in [3.05, 3.63) is 35.9 Å². The van der Waals surface area contributed by atoms with E-state index in [0.717, 1.165) is 77.3 Å². The monoisotopic (exact) mass is 1180 g/mol. The third kappa shape index (κ3) is 25.1. The number of likely N-dealkylation sites (N-methyl/N-ethyl adjacent to an activating group) is 2. The number of carbonyl (C=O) groups excluding carboxylic acids is 11. The minimum atomic E-state index is -2.26. The number of hydrogen-bond acceptors (Lipinski definition) is 17. The van der Waals surface area contributed by atoms with Gasteiger partial charge in [-0.25, -0.2) is 4.79 Å². The van der Waals surface area contributed by atoms with Gasteiger partial charge in [0.05, 0.1) is 38.6 Å². The van der Waals surface area contributed by atoms with E-state index in [2.05, 4.69) is 40.4 Å². The molecule has 83 heavy (non-hydrogen) atoms. The van der Waals surface area contributed by atoms with Crippen LogP contribution in [0.15, 0.2) is 30.3 Å². The summed E-state index contributed by atoms with van der Waals surface area (Å²) in [6, 6.07) is -8.39. The first-order valence-corrected chi connectivity index (χ1v) is 27.6. The molecule has 10 amide bonds. The van der Waals surface area contributed by atoms with E-state index in [1.54, 1.807) is 18.2 Å². The molecule has 1 aliphatic heterocycles. The predicted octanol–water partition coefficient (Wildman–Crippen LogP) is -2.88. The summed E-state index contributed by atoms with van der Waals surface area (Å²) in [6.45, 7) is 2.96. The van der Waals surface area contributed by atoms with Crippen LogP contribution in [0.4, 0.5) is 0 Å². The maximum Gasteiger partial charge on any atom is 0.329 e. The Bertz CT molecular complexity index is 2400. The molecule has 1 aliphatic rings. The number of aliphatic carboxylic acids is 2. The van der Waals surface area contributed by atoms with E-state index < -0.39 is 189 Å². The second kappa shape index (κ2) is 36.6. The SMILES string of the molecule is CCC(C)CCCCCCCCCCC(=O)NC1C(=O)NC(CC(=O)O)C(=O)N[C@@H](CO)C(=O)NC(CO)C(=O)N(C)[C@@H](CC(N)=O)C(=O)N(C)[C@@H](Cc2ccccc2)C(=O)NC([C@H](O)CC(N)=O)C(=O)N[C@@H](CCC(=O)O)C(=O)O[C@@H]1C. The number of carboxylic acid groups (broad SMARTS) is 2. The average molecular weight is 1180 g/mol. The molecular formula is C54H84N10O19. The van der Waals surface area contributed by atoms with Crippen LogP contribution >= 0.6 is 0 Å². The van der Waals surface area contributed by atoms with Gasteiger partial charge in [0.25, 0.3) is 0 Å². The van der Waals surface area contributed by atoms with Crippen molar-refractivity contribution >= 4 is 77.0 Å². The zero-order chi connectivity index (χ0) is 62.5. The van der Waals surface area contributed by atoms with Gasteiger partial charge < -0.3 is 83.4 Å². The standard InChI is InChI=1S/C54H84N10O19/c1-6-30(2)18-14-11-9-7-8-10-12-17-21-42(70)61-45-31(3)83-54(82)33(22-23-43(71)72)57-51(79)46(39(67)27-41(56)69)62-49(77)37(24-32-19-15-13-16-20-32)63(4)53(81)38(26-40(55)68)64(5)52(80)36(29-66)60-48(76)35(28-65)59-47(75)34(25-44(73)74)58-50(45)78/h13,15-16,19-20,30-31,33-39,45-46,65-67H,6-12,14,17-18,21-29H2,1-5H3,(H2,55,68)(H2,56,69)(H,57,79)(H,58,78)(H,59,75)(H,60,76)(H,61,70)(H,62,77)(H,71,72)(H,73,74)/t30?,31-,33+,34?,35+,36?,37+,38+,39-,45?,46?/m1/s1. The normalized spacial score (nSPS) is 23.8. The molecule has 11 atom stereocenters. The number of aliphatic hydroxyl groups excluding tert-OH is 3. The lowest BCUT2D eigenvalue weighted by molar-refractivity contribution is -0.157. The number of unbranched alkanes of at least 4 members (excludes halogenated alkanes) is 7. The molecule has 0 spiro atoms. The van der Waals surface area contributed by atoms with Gasteiger partial charge in [0.1, 0.15) is 54.4 Å². The molecule has 0 aromatic heterocycles. The van der Waals surface area contributed by atoms with Crippen LogP contribution in [0.25, 0.3) is 0 Å². The fourth-order valence-corrected chi connectivity index (χ4v) is 8.89. The van der Waals surface area contributed by atoms with Crippen molar-refractivity contribution in [1.82, 2.24) is 41.7 Å². The molecule has 0 aliphatic carbocycles. The Hall–Kier alpha value is -7.79. The molecule has 29 heteroatoms. The summed E-state index contributed by atoms with van der Waals surface area (Å²) in [5, 5.41) is 64.5. The summed E-state index contributed by atoms with van der Waals surface area (Å²) in [5.74, 6) is -16.6. The Labute approximate surface area is 481 Å². The Morgan fingerprint density at radius 3 is 1.73 bits per heavy atom. The molecule has 5 unspecified atom stereocenters. The van der Waals surface area contributed by atoms with Crippen molar-refractivity contribution < 1.29 is 92.6 Å². The highest BCUT2D eigenvalue weighted by molar-refractivity contribution is 6.00. The minimum absolute atomic E-state index is 0.182. The highest BCUT2D eigenvalue weighted by Crippen LogP contribution is 2.18. The first-order chi connectivity index (χ1) is 39.1. The molecule has 1 heterocycles. The van der Waals surface area contributed by atoms with Gasteiger partial charge in [-0.2, -0.15) is 0 Å². The number of rotatable bonds is 27. The van der Waals surface area contributed by atoms with E-state index in [1.807, 2.05) is 5.32 Å². The van der Waals surface area contributed by atoms with Gasteiger partial charge in [0, 0.05) is 33.4 Å². The van der Waals surface area contributed by atoms with Crippen LogP contribution < -0.4 is 43.4 Å². The molecule has 15 N–H and O–H groups in total. The number of hydrogen-bond donors (Lipinski definition) is 13. The third-order valence-corrected chi connectivity index (χ3v) is 14.1. The summed E-state index contributed by atoms with van der Waals surface area (Å²) < 4.78 is 5.57. The van der Waals surface area contributed by atoms with Crippen molar-refractivity contribution in [2.24, 2.45) is 17.4 Å². The number of nitrogens with two attached hydrogens (primary N) is 2. The van der Waals surface area contributed by atoms with E-state index in [0.29, 0.717) is 29.2 Å². The first-order valence-electron chi connectivity index (χ1n) is 27.6. The van der Waals surface area contributed by atoms with E-state index in [9.17, 15) is 87.9 Å². The quantitative estimate of drug-likeness (QED) is 0.0311. The zero-order valence-electron chi connectivity index (χ0n) is 47.7. The number of benzene rings is 1. The van der Waals surface area contributed by atoms with Gasteiger partial charge in [0.2, 0.25) is 59.1 Å². The molecule has 1 saturated heterocycles. The highest BCUT2D eigenvalue weighted by Gasteiger charge is 2.42. The molecular weight excluding hydrogens is 1090 g/mol. The number of amides is 10. The summed E-state index contributed by atoms with van der Waals surface area (Å²) in [5.41, 5.74) is 11.2. The second-order valence-corrected chi connectivity index (χ2v) is 20.7. The van der Waals surface area contributed by atoms with E-state index in [-0.39, 0.29) is 6.42 Å². The zero-order valence-corrected chi connectivity index (χ0v) is 47.7. The van der Waals surface area contributed by atoms with Crippen molar-refractivity contribution in [2.45, 2.75) is 190 Å². The number of primary amides is 2. The topological polar surface area (TPSA) is 463 Å². The summed E-state index contributed by atoms with van der Waals surface area (Å²) in [4.78, 5) is 177. The fraction of sp³-hybridized carbons (Fsp3) is 0.648. The molecule has 464 valence electrons. The van der Waals surface area contributed by atoms with Crippen LogP contribution in [0.3, 0.4) is 0 Å². The Kier molecular flexibility index (Phi) is 31.5. The largest absolute Gasteiger partial charge is 0.481 e. The number of nitrogens with zero attached hydrogens (tertiary/aromatic N) is 2. The van der Waals surface area contributed by atoms with Gasteiger partial charge in [-0.05, 0) is 31.2 Å². The lowest BCUT2D eigenvalue weighted by atomic mass is 9.99. The molecule has 1 aromatic carbocycles. The highest BCUT2D eigenvalue weighted by atomic mass is 16.5. The Morgan fingerprint density at radius 1 is 0.639 bits per heavy atom. The van der Waals surface area contributed by atoms with E-state index in [1.165, 1.54) is 12.1 Å². The Morgan fingerprint density at radius 2 is 1.18 bits per heavy atom. The number of cyclic esters (lactones) is 1. The molecule has 0 bridgehead atoms. The molecule has 29 nitrogen and oxygen atoms in total. The lowest BCUT2D eigenvalue weighted by Gasteiger charge is -2.36. The summed E-state index contributed by atoms with van der Waals surface area (Å²) >= 11 is 0. The fourth-order valence-electron chi connectivity index (χ4n) is 8.89. The number of nitrogens with one attached hydrogen (secondary N) is 6. The van der Waals surface area contributed by atoms with E-state index in [4.69, 9.17) is 16.2 Å². The molecule has 0 radical (unpaired) electrons. The van der Waals surface area contributed by atoms with Crippen molar-refractivity contribution in [3.8, 4) is 0 Å². The number of carboxylic acids is 2. The van der Waals surface area contributed by atoms with Crippen LogP contribution in [-0.4, -0.2) is 200 Å². The van der Waals surface area contributed by atoms with Crippen LogP contribution in [0.1, 0.15) is 129 Å². The van der Waals surface area contributed by atoms with Gasteiger partial charge in [-0.15, -0.1) is 0 Å². The third-order valence-electron chi connectivity index (χ3n) is 14.1. The van der Waals surface area contributed by atoms with Gasteiger partial charge >= 0.3 is 17.9 Å². The average Bonchev–Trinajstić information content (AvgIpc) is 3.43. The van der Waals surface area contributed by atoms with E-state index >= 15 is 0 Å². The lowest BCUT2D eigenvalue weighted by Crippen LogP contribution is -2.62. The minimum Gasteiger partial charge on any atom is -0.481 e. The molecule has 1 fully saturated rings. The summed E-state index contributed by atoms with van der Waals surface area (Å²) in [6.07, 6.45) is -0.294. The maximum atomic E-state index is 14.6. The van der Waals surface area contributed by atoms with Crippen molar-refractivity contribution in [3.63, 3.8) is 0 Å². The van der Waals surface area contributed by atoms with Gasteiger partial charge in [0.15, 0.2) is 0 Å². The summed E-state index contributed by atoms with van der Waals surface area (Å²) in [7, 11) is 2.01. The number of esters is 1. The number of ether oxygens (including phenoxy) is 1. The van der Waals surface area contributed by atoms with Crippen molar-refractivity contribution in [2.75, 3.05) is 27.3 Å². The smallest absolute Gasteiger partial charge is 0.329 e. The number of carbonyl (C=O) groups is 13. The number of aliphatic hydroxyl groups is 3. The van der Waals surface area contributed by atoms with Crippen LogP contribution in [0.2, 0.25) is 0 Å². The van der Waals surface area contributed by atoms with Crippen molar-refractivity contribution in [1.29, 1.82) is 0 Å². The first kappa shape index (κ1) is 71.3. The maximum absolute atomic E-state index is 14.6. The predicted molar refractivity (Wildman–Crippen MR) is 293 cm³/mol. The van der Waals surface area contributed by atoms with Crippen LogP contribution in [0, 0.1) is 5.92 Å². The Balaban J connectivity index is 2.82.